The van der Waals surface area contributed by atoms with Crippen LogP contribution in [0.5, 0.6) is 17.2 Å². The Bertz CT molecular complexity index is 680. The van der Waals surface area contributed by atoms with Crippen LogP contribution in [-0.4, -0.2) is 18.2 Å². The number of carboxylic acids is 1. The van der Waals surface area contributed by atoms with Crippen LogP contribution in [0.1, 0.15) is 5.56 Å². The van der Waals surface area contributed by atoms with Crippen molar-refractivity contribution < 1.29 is 19.4 Å². The van der Waals surface area contributed by atoms with Crippen molar-refractivity contribution >= 4 is 28.0 Å². The minimum atomic E-state index is -1.01. The van der Waals surface area contributed by atoms with Gasteiger partial charge in [-0.05, 0) is 30.3 Å². The van der Waals surface area contributed by atoms with E-state index in [0.29, 0.717) is 22.8 Å². The number of halogens is 1. The average Bonchev–Trinajstić information content (AvgIpc) is 2.46. The molecule has 108 valence electrons. The van der Waals surface area contributed by atoms with Gasteiger partial charge in [0.15, 0.2) is 0 Å². The summed E-state index contributed by atoms with van der Waals surface area (Å²) in [7, 11) is 1.58. The van der Waals surface area contributed by atoms with Gasteiger partial charge >= 0.3 is 5.97 Å². The van der Waals surface area contributed by atoms with Crippen molar-refractivity contribution in [1.82, 2.24) is 0 Å². The van der Waals surface area contributed by atoms with Crippen LogP contribution >= 0.6 is 15.9 Å². The summed E-state index contributed by atoms with van der Waals surface area (Å²) < 4.78 is 11.8. The molecule has 0 aliphatic carbocycles. The fourth-order valence-corrected chi connectivity index (χ4v) is 2.03. The molecular formula is C16H13BrO4. The highest BCUT2D eigenvalue weighted by Gasteiger charge is 2.05. The van der Waals surface area contributed by atoms with Crippen molar-refractivity contribution in [3.8, 4) is 17.2 Å². The van der Waals surface area contributed by atoms with Crippen LogP contribution in [0.2, 0.25) is 0 Å². The molecular weight excluding hydrogens is 336 g/mol. The van der Waals surface area contributed by atoms with Gasteiger partial charge in [0.2, 0.25) is 0 Å². The molecule has 0 aliphatic heterocycles. The first-order chi connectivity index (χ1) is 10.1. The summed E-state index contributed by atoms with van der Waals surface area (Å²) >= 11 is 3.37. The normalized spacial score (nSPS) is 10.6. The first kappa shape index (κ1) is 15.1. The summed E-state index contributed by atoms with van der Waals surface area (Å²) in [6.45, 7) is 0. The maximum Gasteiger partial charge on any atom is 0.328 e. The van der Waals surface area contributed by atoms with Gasteiger partial charge in [0.05, 0.1) is 7.11 Å². The van der Waals surface area contributed by atoms with E-state index in [2.05, 4.69) is 15.9 Å². The Balaban J connectivity index is 2.33. The fourth-order valence-electron chi connectivity index (χ4n) is 1.69. The number of carboxylic acid groups (broad SMARTS) is 1. The number of hydrogen-bond acceptors (Lipinski definition) is 3. The molecule has 0 aliphatic rings. The molecule has 5 heteroatoms. The minimum absolute atomic E-state index is 0.551. The van der Waals surface area contributed by atoms with Crippen LogP contribution in [0, 0.1) is 0 Å². The number of carbonyl (C=O) groups is 1. The zero-order chi connectivity index (χ0) is 15.2. The van der Waals surface area contributed by atoms with Gasteiger partial charge in [0, 0.05) is 22.2 Å². The minimum Gasteiger partial charge on any atom is -0.497 e. The maximum absolute atomic E-state index is 10.6. The Labute approximate surface area is 130 Å². The average molecular weight is 349 g/mol. The summed E-state index contributed by atoms with van der Waals surface area (Å²) in [6, 6.07) is 12.6. The predicted octanol–water partition coefficient (Wildman–Crippen LogP) is 4.35. The third kappa shape index (κ3) is 4.36. The van der Waals surface area contributed by atoms with E-state index in [1.165, 1.54) is 6.08 Å². The molecule has 0 atom stereocenters. The number of ether oxygens (including phenoxy) is 2. The number of hydrogen-bond donors (Lipinski definition) is 1. The SMILES string of the molecule is COc1cccc(Oc2cc(Br)ccc2/C=C/C(=O)O)c1. The van der Waals surface area contributed by atoms with Gasteiger partial charge in [-0.2, -0.15) is 0 Å². The van der Waals surface area contributed by atoms with Crippen molar-refractivity contribution in [3.63, 3.8) is 0 Å². The summed E-state index contributed by atoms with van der Waals surface area (Å²) in [5, 5.41) is 8.72. The molecule has 21 heavy (non-hydrogen) atoms. The Morgan fingerprint density at radius 1 is 1.19 bits per heavy atom. The molecule has 1 N–H and O–H groups in total. The molecule has 0 amide bonds. The number of rotatable bonds is 5. The molecule has 0 bridgehead atoms. The third-order valence-corrected chi connectivity index (χ3v) is 3.14. The number of methoxy groups -OCH3 is 1. The Kier molecular flexibility index (Phi) is 5.00. The highest BCUT2D eigenvalue weighted by Crippen LogP contribution is 2.31. The lowest BCUT2D eigenvalue weighted by atomic mass is 10.2. The van der Waals surface area contributed by atoms with Gasteiger partial charge in [-0.15, -0.1) is 0 Å². The molecule has 2 rings (SSSR count). The monoisotopic (exact) mass is 348 g/mol. The smallest absolute Gasteiger partial charge is 0.328 e. The molecule has 0 aromatic heterocycles. The lowest BCUT2D eigenvalue weighted by Gasteiger charge is -2.10. The molecule has 0 unspecified atom stereocenters. The summed E-state index contributed by atoms with van der Waals surface area (Å²) in [6.07, 6.45) is 2.56. The fraction of sp³-hybridized carbons (Fsp3) is 0.0625. The molecule has 0 saturated carbocycles. The zero-order valence-electron chi connectivity index (χ0n) is 11.2. The highest BCUT2D eigenvalue weighted by atomic mass is 79.9. The van der Waals surface area contributed by atoms with Crippen molar-refractivity contribution in [2.75, 3.05) is 7.11 Å². The Morgan fingerprint density at radius 3 is 2.67 bits per heavy atom. The maximum atomic E-state index is 10.6. The first-order valence-corrected chi connectivity index (χ1v) is 6.90. The van der Waals surface area contributed by atoms with Gasteiger partial charge in [-0.25, -0.2) is 4.79 Å². The van der Waals surface area contributed by atoms with Gasteiger partial charge < -0.3 is 14.6 Å². The molecule has 0 spiro atoms. The molecule has 0 heterocycles. The van der Waals surface area contributed by atoms with Crippen molar-refractivity contribution in [3.05, 3.63) is 58.6 Å². The molecule has 0 fully saturated rings. The van der Waals surface area contributed by atoms with Crippen LogP contribution < -0.4 is 9.47 Å². The van der Waals surface area contributed by atoms with E-state index in [0.717, 1.165) is 10.5 Å². The first-order valence-electron chi connectivity index (χ1n) is 6.11. The molecule has 2 aromatic rings. The van der Waals surface area contributed by atoms with Gasteiger partial charge in [-0.3, -0.25) is 0 Å². The van der Waals surface area contributed by atoms with Crippen LogP contribution in [0.25, 0.3) is 6.08 Å². The lowest BCUT2D eigenvalue weighted by Crippen LogP contribution is -1.91. The standard InChI is InChI=1S/C16H13BrO4/c1-20-13-3-2-4-14(10-13)21-15-9-12(17)7-5-11(15)6-8-16(18)19/h2-10H,1H3,(H,18,19)/b8-6+. The zero-order valence-corrected chi connectivity index (χ0v) is 12.8. The van der Waals surface area contributed by atoms with Crippen LogP contribution in [0.3, 0.4) is 0 Å². The van der Waals surface area contributed by atoms with Crippen molar-refractivity contribution in [1.29, 1.82) is 0 Å². The number of benzene rings is 2. The van der Waals surface area contributed by atoms with Gasteiger partial charge in [0.1, 0.15) is 17.2 Å². The van der Waals surface area contributed by atoms with Crippen LogP contribution in [-0.2, 0) is 4.79 Å². The topological polar surface area (TPSA) is 55.8 Å². The van der Waals surface area contributed by atoms with E-state index in [1.54, 1.807) is 31.4 Å². The Morgan fingerprint density at radius 2 is 1.95 bits per heavy atom. The largest absolute Gasteiger partial charge is 0.497 e. The summed E-state index contributed by atoms with van der Waals surface area (Å²) in [5.74, 6) is 0.836. The highest BCUT2D eigenvalue weighted by molar-refractivity contribution is 9.10. The summed E-state index contributed by atoms with van der Waals surface area (Å²) in [5.41, 5.74) is 0.670. The van der Waals surface area contributed by atoms with E-state index in [4.69, 9.17) is 14.6 Å². The van der Waals surface area contributed by atoms with E-state index in [-0.39, 0.29) is 0 Å². The molecule has 0 radical (unpaired) electrons. The third-order valence-electron chi connectivity index (χ3n) is 2.65. The van der Waals surface area contributed by atoms with Crippen molar-refractivity contribution in [2.24, 2.45) is 0 Å². The summed E-state index contributed by atoms with van der Waals surface area (Å²) in [4.78, 5) is 10.6. The quantitative estimate of drug-likeness (QED) is 0.816. The second-order valence-electron chi connectivity index (χ2n) is 4.13. The Hall–Kier alpha value is -2.27. The van der Waals surface area contributed by atoms with Crippen LogP contribution in [0.4, 0.5) is 0 Å². The second kappa shape index (κ2) is 6.95. The van der Waals surface area contributed by atoms with E-state index >= 15 is 0 Å². The molecule has 0 saturated heterocycles. The van der Waals surface area contributed by atoms with E-state index < -0.39 is 5.97 Å². The predicted molar refractivity (Wildman–Crippen MR) is 83.9 cm³/mol. The lowest BCUT2D eigenvalue weighted by molar-refractivity contribution is -0.131. The molecule has 4 nitrogen and oxygen atoms in total. The van der Waals surface area contributed by atoms with Crippen molar-refractivity contribution in [2.45, 2.75) is 0 Å². The van der Waals surface area contributed by atoms with E-state index in [1.807, 2.05) is 18.2 Å². The second-order valence-corrected chi connectivity index (χ2v) is 5.05. The molecule has 2 aromatic carbocycles. The van der Waals surface area contributed by atoms with E-state index in [9.17, 15) is 4.79 Å². The van der Waals surface area contributed by atoms with Gasteiger partial charge in [0.25, 0.3) is 0 Å². The van der Waals surface area contributed by atoms with Gasteiger partial charge in [-0.1, -0.05) is 28.1 Å². The van der Waals surface area contributed by atoms with Crippen LogP contribution in [0.15, 0.2) is 53.0 Å². The number of aliphatic carboxylic acids is 1.